The first-order chi connectivity index (χ1) is 9.49. The van der Waals surface area contributed by atoms with Crippen LogP contribution in [0, 0.1) is 0 Å². The second-order valence-electron chi connectivity index (χ2n) is 5.71. The molecule has 2 atom stereocenters. The molecule has 0 amide bonds. The molecule has 0 spiro atoms. The summed E-state index contributed by atoms with van der Waals surface area (Å²) < 4.78 is 1.69. The van der Waals surface area contributed by atoms with Crippen molar-refractivity contribution < 1.29 is 9.90 Å². The van der Waals surface area contributed by atoms with E-state index in [0.29, 0.717) is 18.0 Å². The molecule has 8 heteroatoms. The fraction of sp³-hybridized carbons (Fsp3) is 0.750. The summed E-state index contributed by atoms with van der Waals surface area (Å²) in [5.41, 5.74) is 4.63. The zero-order valence-electron chi connectivity index (χ0n) is 11.0. The Hall–Kier alpha value is -1.28. The lowest BCUT2D eigenvalue weighted by molar-refractivity contribution is -0.144. The number of thioether (sulfide) groups is 1. The van der Waals surface area contributed by atoms with E-state index in [2.05, 4.69) is 10.2 Å². The average molecular weight is 298 g/mol. The minimum absolute atomic E-state index is 0.0950. The van der Waals surface area contributed by atoms with Gasteiger partial charge in [-0.1, -0.05) is 11.8 Å². The van der Waals surface area contributed by atoms with E-state index < -0.39 is 11.5 Å². The van der Waals surface area contributed by atoms with Gasteiger partial charge in [0.25, 0.3) is 0 Å². The van der Waals surface area contributed by atoms with Crippen molar-refractivity contribution in [2.24, 2.45) is 5.73 Å². The summed E-state index contributed by atoms with van der Waals surface area (Å²) in [4.78, 5) is 23.0. The van der Waals surface area contributed by atoms with Gasteiger partial charge in [-0.15, -0.1) is 5.10 Å². The van der Waals surface area contributed by atoms with Gasteiger partial charge >= 0.3 is 11.7 Å². The molecule has 0 saturated heterocycles. The molecule has 2 fully saturated rings. The Morgan fingerprint density at radius 1 is 1.50 bits per heavy atom. The maximum Gasteiger partial charge on any atom is 0.344 e. The lowest BCUT2D eigenvalue weighted by Crippen LogP contribution is -2.51. The number of aliphatic carboxylic acids is 1. The van der Waals surface area contributed by atoms with Crippen LogP contribution < -0.4 is 11.4 Å². The molecular formula is C12H18N4O3S. The molecule has 1 heterocycles. The Bertz CT molecular complexity index is 580. The van der Waals surface area contributed by atoms with Crippen LogP contribution in [0.4, 0.5) is 0 Å². The van der Waals surface area contributed by atoms with Crippen LogP contribution in [0.1, 0.15) is 44.6 Å². The summed E-state index contributed by atoms with van der Waals surface area (Å²) >= 11 is 1.48. The summed E-state index contributed by atoms with van der Waals surface area (Å²) in [5.74, 6) is -0.940. The molecule has 20 heavy (non-hydrogen) atoms. The molecule has 2 aliphatic rings. The van der Waals surface area contributed by atoms with Gasteiger partial charge in [0.15, 0.2) is 5.16 Å². The zero-order valence-corrected chi connectivity index (χ0v) is 11.9. The zero-order chi connectivity index (χ0) is 14.3. The molecule has 1 aromatic rings. The van der Waals surface area contributed by atoms with E-state index in [-0.39, 0.29) is 17.0 Å². The van der Waals surface area contributed by atoms with Gasteiger partial charge in [-0.3, -0.25) is 9.36 Å². The van der Waals surface area contributed by atoms with Gasteiger partial charge in [0.2, 0.25) is 0 Å². The van der Waals surface area contributed by atoms with Crippen molar-refractivity contribution in [1.29, 1.82) is 0 Å². The Balaban J connectivity index is 1.75. The van der Waals surface area contributed by atoms with Crippen molar-refractivity contribution in [3.8, 4) is 0 Å². The topological polar surface area (TPSA) is 114 Å². The lowest BCUT2D eigenvalue weighted by atomic mass is 9.82. The minimum atomic E-state index is -1.14. The molecule has 0 bridgehead atoms. The van der Waals surface area contributed by atoms with Gasteiger partial charge in [0, 0.05) is 11.3 Å². The van der Waals surface area contributed by atoms with Crippen LogP contribution in [-0.2, 0) is 4.79 Å². The van der Waals surface area contributed by atoms with E-state index in [1.807, 2.05) is 0 Å². The van der Waals surface area contributed by atoms with Crippen LogP contribution in [0.5, 0.6) is 0 Å². The second kappa shape index (κ2) is 4.92. The van der Waals surface area contributed by atoms with Gasteiger partial charge in [-0.2, -0.15) is 0 Å². The summed E-state index contributed by atoms with van der Waals surface area (Å²) in [5, 5.41) is 16.5. The number of nitrogens with two attached hydrogens (primary N) is 1. The van der Waals surface area contributed by atoms with Crippen molar-refractivity contribution in [3.63, 3.8) is 0 Å². The highest BCUT2D eigenvalue weighted by Crippen LogP contribution is 2.40. The highest BCUT2D eigenvalue weighted by atomic mass is 32.2. The fourth-order valence-electron chi connectivity index (χ4n) is 2.73. The van der Waals surface area contributed by atoms with Crippen LogP contribution in [0.2, 0.25) is 0 Å². The van der Waals surface area contributed by atoms with Gasteiger partial charge in [0.1, 0.15) is 5.54 Å². The van der Waals surface area contributed by atoms with Crippen molar-refractivity contribution in [3.05, 3.63) is 10.5 Å². The molecule has 1 aromatic heterocycles. The summed E-state index contributed by atoms with van der Waals surface area (Å²) in [7, 11) is 0. The Morgan fingerprint density at radius 2 is 2.25 bits per heavy atom. The fourth-order valence-corrected chi connectivity index (χ4v) is 4.13. The number of carboxylic acid groups (broad SMARTS) is 1. The number of carboxylic acids is 1. The standard InChI is InChI=1S/C12H18N4O3S/c13-12(9(17)18)5-1-2-8(6-12)20-11-15-14-10(19)16(11)7-3-4-7/h7-8H,1-6,13H2,(H,14,19)(H,17,18). The van der Waals surface area contributed by atoms with Crippen LogP contribution in [0.25, 0.3) is 0 Å². The third-order valence-corrected chi connectivity index (χ3v) is 5.26. The van der Waals surface area contributed by atoms with Gasteiger partial charge in [-0.05, 0) is 38.5 Å². The predicted molar refractivity (Wildman–Crippen MR) is 73.8 cm³/mol. The molecule has 2 aliphatic carbocycles. The van der Waals surface area contributed by atoms with E-state index in [4.69, 9.17) is 5.73 Å². The van der Waals surface area contributed by atoms with Crippen LogP contribution in [0.15, 0.2) is 9.95 Å². The maximum atomic E-state index is 11.7. The number of nitrogens with zero attached hydrogens (tertiary/aromatic N) is 2. The van der Waals surface area contributed by atoms with E-state index in [9.17, 15) is 14.7 Å². The highest BCUT2D eigenvalue weighted by molar-refractivity contribution is 7.99. The predicted octanol–water partition coefficient (Wildman–Crippen LogP) is 0.723. The van der Waals surface area contributed by atoms with Crippen LogP contribution in [-0.4, -0.2) is 36.6 Å². The number of carbonyl (C=O) groups is 1. The Morgan fingerprint density at radius 3 is 2.90 bits per heavy atom. The molecule has 2 saturated carbocycles. The molecule has 2 unspecified atom stereocenters. The molecular weight excluding hydrogens is 280 g/mol. The maximum absolute atomic E-state index is 11.7. The first kappa shape index (κ1) is 13.7. The Kier molecular flexibility index (Phi) is 3.37. The van der Waals surface area contributed by atoms with Crippen molar-refractivity contribution in [1.82, 2.24) is 14.8 Å². The first-order valence-electron chi connectivity index (χ1n) is 6.85. The third kappa shape index (κ3) is 2.49. The molecule has 110 valence electrons. The molecule has 4 N–H and O–H groups in total. The summed E-state index contributed by atoms with van der Waals surface area (Å²) in [6, 6.07) is 0.259. The molecule has 0 radical (unpaired) electrons. The third-order valence-electron chi connectivity index (χ3n) is 4.02. The minimum Gasteiger partial charge on any atom is -0.480 e. The first-order valence-corrected chi connectivity index (χ1v) is 7.73. The van der Waals surface area contributed by atoms with Gasteiger partial charge < -0.3 is 10.8 Å². The summed E-state index contributed by atoms with van der Waals surface area (Å²) in [6.45, 7) is 0. The largest absolute Gasteiger partial charge is 0.480 e. The molecule has 0 aromatic carbocycles. The smallest absolute Gasteiger partial charge is 0.344 e. The normalized spacial score (nSPS) is 30.4. The van der Waals surface area contributed by atoms with E-state index in [1.165, 1.54) is 11.8 Å². The highest BCUT2D eigenvalue weighted by Gasteiger charge is 2.40. The number of nitrogens with one attached hydrogen (secondary N) is 1. The SMILES string of the molecule is NC1(C(=O)O)CCCC(Sc2n[nH]c(=O)n2C2CC2)C1. The summed E-state index contributed by atoms with van der Waals surface area (Å²) in [6.07, 6.45) is 4.64. The van der Waals surface area contributed by atoms with Crippen molar-refractivity contribution in [2.45, 2.75) is 60.5 Å². The van der Waals surface area contributed by atoms with Crippen molar-refractivity contribution >= 4 is 17.7 Å². The van der Waals surface area contributed by atoms with E-state index in [1.54, 1.807) is 4.57 Å². The van der Waals surface area contributed by atoms with E-state index in [0.717, 1.165) is 25.7 Å². The van der Waals surface area contributed by atoms with E-state index >= 15 is 0 Å². The number of aromatic amines is 1. The molecule has 3 rings (SSSR count). The van der Waals surface area contributed by atoms with Gasteiger partial charge in [-0.25, -0.2) is 9.89 Å². The molecule has 0 aliphatic heterocycles. The number of hydrogen-bond acceptors (Lipinski definition) is 5. The van der Waals surface area contributed by atoms with Crippen LogP contribution >= 0.6 is 11.8 Å². The average Bonchev–Trinajstić information content (AvgIpc) is 3.15. The lowest BCUT2D eigenvalue weighted by Gasteiger charge is -2.33. The number of hydrogen-bond donors (Lipinski definition) is 3. The monoisotopic (exact) mass is 298 g/mol. The number of rotatable bonds is 4. The Labute approximate surface area is 119 Å². The van der Waals surface area contributed by atoms with Crippen molar-refractivity contribution in [2.75, 3.05) is 0 Å². The van der Waals surface area contributed by atoms with Gasteiger partial charge in [0.05, 0.1) is 0 Å². The number of H-pyrrole nitrogens is 1. The molecule has 7 nitrogen and oxygen atoms in total. The number of aromatic nitrogens is 3. The van der Waals surface area contributed by atoms with Crippen LogP contribution in [0.3, 0.4) is 0 Å². The second-order valence-corrected chi connectivity index (χ2v) is 6.98. The quantitative estimate of drug-likeness (QED) is 0.755.